The maximum absolute atomic E-state index is 3.06. The van der Waals surface area contributed by atoms with Crippen LogP contribution in [0.2, 0.25) is 0 Å². The summed E-state index contributed by atoms with van der Waals surface area (Å²) in [5, 5.41) is 0. The SMILES string of the molecule is CC1=CC=[C-]C1.CC1=CC[C-]=C1.[CH3-].[CH3-].[Si]=[Zr]. The summed E-state index contributed by atoms with van der Waals surface area (Å²) in [5.74, 6) is 0. The van der Waals surface area contributed by atoms with Crippen LogP contribution >= 0.6 is 0 Å². The van der Waals surface area contributed by atoms with E-state index in [1.54, 1.807) is 0 Å². The predicted molar refractivity (Wildman–Crippen MR) is 71.0 cm³/mol. The van der Waals surface area contributed by atoms with Gasteiger partial charge in [-0.15, -0.1) is 19.8 Å². The van der Waals surface area contributed by atoms with Gasteiger partial charge < -0.3 is 14.9 Å². The van der Waals surface area contributed by atoms with Crippen LogP contribution in [0.3, 0.4) is 0 Å². The second-order valence-electron chi connectivity index (χ2n) is 3.06. The van der Waals surface area contributed by atoms with Gasteiger partial charge in [-0.05, 0) is 0 Å². The molecule has 0 aromatic heterocycles. The first kappa shape index (κ1) is 21.4. The molecule has 16 heavy (non-hydrogen) atoms. The number of hydrogen-bond acceptors (Lipinski definition) is 0. The van der Waals surface area contributed by atoms with Crippen LogP contribution in [0, 0.1) is 27.0 Å². The Bertz CT molecular complexity index is 270. The van der Waals surface area contributed by atoms with Gasteiger partial charge in [-0.25, -0.2) is 23.8 Å². The molecule has 2 rings (SSSR count). The van der Waals surface area contributed by atoms with Crippen molar-refractivity contribution >= 4 is 6.88 Å². The van der Waals surface area contributed by atoms with Crippen molar-refractivity contribution in [3.8, 4) is 0 Å². The Morgan fingerprint density at radius 2 is 1.81 bits per heavy atom. The number of hydrogen-bond donors (Lipinski definition) is 0. The Morgan fingerprint density at radius 1 is 1.19 bits per heavy atom. The molecule has 0 bridgehead atoms. The Hall–Kier alpha value is 0.0600. The van der Waals surface area contributed by atoms with Gasteiger partial charge in [0.1, 0.15) is 0 Å². The van der Waals surface area contributed by atoms with E-state index in [0.717, 1.165) is 12.8 Å². The molecule has 2 radical (unpaired) electrons. The molecule has 2 heteroatoms. The molecule has 0 unspecified atom stereocenters. The van der Waals surface area contributed by atoms with Crippen molar-refractivity contribution in [3.05, 3.63) is 62.5 Å². The van der Waals surface area contributed by atoms with Gasteiger partial charge in [-0.3, -0.25) is 12.2 Å². The quantitative estimate of drug-likeness (QED) is 0.470. The first-order valence-electron chi connectivity index (χ1n) is 4.50. The second kappa shape index (κ2) is 15.1. The van der Waals surface area contributed by atoms with E-state index >= 15 is 0 Å². The van der Waals surface area contributed by atoms with E-state index < -0.39 is 0 Å². The summed E-state index contributed by atoms with van der Waals surface area (Å²) in [6, 6.07) is 0. The zero-order chi connectivity index (χ0) is 10.8. The molecule has 0 aliphatic heterocycles. The van der Waals surface area contributed by atoms with E-state index in [-0.39, 0.29) is 14.9 Å². The van der Waals surface area contributed by atoms with Crippen molar-refractivity contribution in [2.24, 2.45) is 0 Å². The fourth-order valence-electron chi connectivity index (χ4n) is 0.979. The van der Waals surface area contributed by atoms with E-state index in [4.69, 9.17) is 0 Å². The third-order valence-corrected chi connectivity index (χ3v) is 1.74. The van der Waals surface area contributed by atoms with Crippen LogP contribution in [0.15, 0.2) is 35.5 Å². The standard InChI is InChI=1S/2C6H7.2CH3.Si.Zr/c2*1-6-4-2-3-5-6;;;;/h4-5H,2H2,1H3;2,4H,5H2,1H3;2*1H3;;/q4*-1;;. The number of rotatable bonds is 0. The first-order chi connectivity index (χ1) is 6.79. The molecule has 88 valence electrons. The summed E-state index contributed by atoms with van der Waals surface area (Å²) in [6.07, 6.45) is 16.4. The van der Waals surface area contributed by atoms with Gasteiger partial charge in [0.25, 0.3) is 0 Å². The summed E-state index contributed by atoms with van der Waals surface area (Å²) in [6.45, 7) is 7.25. The fourth-order valence-corrected chi connectivity index (χ4v) is 0.979. The Morgan fingerprint density at radius 3 is 1.94 bits per heavy atom. The van der Waals surface area contributed by atoms with Crippen LogP contribution in [-0.2, 0) is 23.3 Å². The molecule has 0 spiro atoms. The molecule has 0 saturated heterocycles. The summed E-state index contributed by atoms with van der Waals surface area (Å²) < 4.78 is 0. The van der Waals surface area contributed by atoms with Gasteiger partial charge in [-0.1, -0.05) is 6.92 Å². The van der Waals surface area contributed by atoms with Crippen LogP contribution in [0.1, 0.15) is 26.7 Å². The van der Waals surface area contributed by atoms with Gasteiger partial charge in [0.05, 0.1) is 0 Å². The monoisotopic (exact) mass is 306 g/mol. The van der Waals surface area contributed by atoms with Crippen molar-refractivity contribution in [2.45, 2.75) is 26.7 Å². The van der Waals surface area contributed by atoms with Crippen LogP contribution in [0.4, 0.5) is 0 Å². The van der Waals surface area contributed by atoms with E-state index in [1.807, 2.05) is 12.2 Å². The average Bonchev–Trinajstić information content (AvgIpc) is 2.83. The van der Waals surface area contributed by atoms with Crippen molar-refractivity contribution in [3.63, 3.8) is 0 Å². The molecular weight excluding hydrogens is 287 g/mol. The zero-order valence-corrected chi connectivity index (χ0v) is 14.2. The second-order valence-corrected chi connectivity index (χ2v) is 3.06. The fraction of sp³-hybridized carbons (Fsp3) is 0.286. The average molecular weight is 308 g/mol. The Labute approximate surface area is 119 Å². The molecule has 0 fully saturated rings. The summed E-state index contributed by atoms with van der Waals surface area (Å²) >= 11 is 1.36. The van der Waals surface area contributed by atoms with Gasteiger partial charge in [0, 0.05) is 0 Å². The van der Waals surface area contributed by atoms with Crippen molar-refractivity contribution in [2.75, 3.05) is 0 Å². The van der Waals surface area contributed by atoms with Gasteiger partial charge in [-0.2, -0.15) is 11.6 Å². The molecule has 0 nitrogen and oxygen atoms in total. The zero-order valence-electron chi connectivity index (χ0n) is 10.7. The van der Waals surface area contributed by atoms with Gasteiger partial charge >= 0.3 is 30.2 Å². The van der Waals surface area contributed by atoms with Crippen LogP contribution in [0.25, 0.3) is 0 Å². The molecule has 0 amide bonds. The summed E-state index contributed by atoms with van der Waals surface area (Å²) in [5.41, 5.74) is 2.75. The third kappa shape index (κ3) is 12.1. The van der Waals surface area contributed by atoms with E-state index in [2.05, 4.69) is 45.0 Å². The normalized spacial score (nSPS) is 14.1. The molecule has 2 aliphatic carbocycles. The van der Waals surface area contributed by atoms with E-state index in [0.29, 0.717) is 0 Å². The van der Waals surface area contributed by atoms with E-state index in [9.17, 15) is 0 Å². The predicted octanol–water partition coefficient (Wildman–Crippen LogP) is 3.91. The van der Waals surface area contributed by atoms with Crippen LogP contribution in [0.5, 0.6) is 0 Å². The van der Waals surface area contributed by atoms with Crippen molar-refractivity contribution < 1.29 is 23.3 Å². The summed E-state index contributed by atoms with van der Waals surface area (Å²) in [4.78, 5) is 0. The molecule has 0 aromatic rings. The first-order valence-corrected chi connectivity index (χ1v) is 8.68. The Kier molecular flexibility index (Phi) is 20.1. The van der Waals surface area contributed by atoms with Crippen molar-refractivity contribution in [1.82, 2.24) is 0 Å². The molecule has 0 aromatic carbocycles. The molecule has 2 aliphatic rings. The summed E-state index contributed by atoms with van der Waals surface area (Å²) in [7, 11) is 0. The van der Waals surface area contributed by atoms with Crippen LogP contribution < -0.4 is 0 Å². The topological polar surface area (TPSA) is 0 Å². The molecule has 0 N–H and O–H groups in total. The minimum atomic E-state index is 0. The molecule has 0 saturated carbocycles. The minimum absolute atomic E-state index is 0. The van der Waals surface area contributed by atoms with Gasteiger partial charge in [0.15, 0.2) is 0 Å². The van der Waals surface area contributed by atoms with Crippen LogP contribution in [-0.4, -0.2) is 6.88 Å². The van der Waals surface area contributed by atoms with Crippen molar-refractivity contribution in [1.29, 1.82) is 0 Å². The van der Waals surface area contributed by atoms with Gasteiger partial charge in [0.2, 0.25) is 0 Å². The molecule has 0 atom stereocenters. The van der Waals surface area contributed by atoms with E-state index in [1.165, 1.54) is 34.5 Å². The maximum atomic E-state index is 3.06. The molecular formula is C14H20SiZr-4. The number of allylic oxidation sites excluding steroid dienone is 8. The Balaban J connectivity index is -0.000000165. The molecule has 0 heterocycles. The third-order valence-electron chi connectivity index (χ3n) is 1.74.